The highest BCUT2D eigenvalue weighted by Crippen LogP contribution is 1.90. The van der Waals surface area contributed by atoms with Crippen molar-refractivity contribution in [2.75, 3.05) is 13.6 Å². The predicted octanol–water partition coefficient (Wildman–Crippen LogP) is 0.152. The van der Waals surface area contributed by atoms with Crippen LogP contribution in [-0.2, 0) is 4.79 Å². The lowest BCUT2D eigenvalue weighted by atomic mass is 10.2. The van der Waals surface area contributed by atoms with Crippen molar-refractivity contribution >= 4 is 23.3 Å². The summed E-state index contributed by atoms with van der Waals surface area (Å²) in [6, 6.07) is -0.540. The molecule has 62 valence electrons. The molecule has 1 unspecified atom stereocenters. The van der Waals surface area contributed by atoms with Gasteiger partial charge in [-0.15, -0.1) is 0 Å². The van der Waals surface area contributed by atoms with Crippen LogP contribution in [0.25, 0.3) is 0 Å². The van der Waals surface area contributed by atoms with E-state index in [1.54, 1.807) is 7.05 Å². The van der Waals surface area contributed by atoms with Crippen LogP contribution in [0.15, 0.2) is 4.99 Å². The molecule has 5 heteroatoms. The van der Waals surface area contributed by atoms with Crippen molar-refractivity contribution in [2.45, 2.75) is 12.5 Å². The molecule has 0 radical (unpaired) electrons. The van der Waals surface area contributed by atoms with Gasteiger partial charge in [0.2, 0.25) is 0 Å². The van der Waals surface area contributed by atoms with E-state index in [0.717, 1.165) is 0 Å². The number of rotatable bonds is 5. The van der Waals surface area contributed by atoms with Gasteiger partial charge in [0.15, 0.2) is 0 Å². The zero-order chi connectivity index (χ0) is 8.69. The summed E-state index contributed by atoms with van der Waals surface area (Å²) in [5.74, 6) is -0.868. The molecule has 0 heterocycles. The Labute approximate surface area is 70.3 Å². The minimum Gasteiger partial charge on any atom is -0.480 e. The number of nitrogens with one attached hydrogen (secondary N) is 1. The molecule has 0 aromatic carbocycles. The van der Waals surface area contributed by atoms with E-state index in [0.29, 0.717) is 13.0 Å². The van der Waals surface area contributed by atoms with E-state index >= 15 is 0 Å². The number of nitrogens with zero attached hydrogens (tertiary/aromatic N) is 1. The Morgan fingerprint density at radius 3 is 2.91 bits per heavy atom. The molecule has 0 saturated heterocycles. The van der Waals surface area contributed by atoms with Crippen molar-refractivity contribution in [2.24, 2.45) is 4.99 Å². The van der Waals surface area contributed by atoms with Gasteiger partial charge in [0.1, 0.15) is 6.04 Å². The van der Waals surface area contributed by atoms with Crippen molar-refractivity contribution in [3.63, 3.8) is 0 Å². The SMILES string of the molecule is CNC(CCN=C=S)C(=O)O. The van der Waals surface area contributed by atoms with E-state index in [9.17, 15) is 4.79 Å². The molecule has 0 saturated carbocycles. The highest BCUT2D eigenvalue weighted by Gasteiger charge is 2.12. The highest BCUT2D eigenvalue weighted by molar-refractivity contribution is 7.78. The van der Waals surface area contributed by atoms with Crippen molar-refractivity contribution in [1.82, 2.24) is 5.32 Å². The fourth-order valence-corrected chi connectivity index (χ4v) is 0.722. The number of carboxylic acids is 1. The van der Waals surface area contributed by atoms with Gasteiger partial charge in [-0.2, -0.15) is 0 Å². The first kappa shape index (κ1) is 10.2. The topological polar surface area (TPSA) is 61.7 Å². The minimum atomic E-state index is -0.868. The fraction of sp³-hybridized carbons (Fsp3) is 0.667. The number of aliphatic carboxylic acids is 1. The summed E-state index contributed by atoms with van der Waals surface area (Å²) in [4.78, 5) is 14.0. The second-order valence-corrected chi connectivity index (χ2v) is 2.12. The highest BCUT2D eigenvalue weighted by atomic mass is 32.1. The first-order valence-corrected chi connectivity index (χ1v) is 3.57. The van der Waals surface area contributed by atoms with Crippen LogP contribution in [0.4, 0.5) is 0 Å². The number of carboxylic acid groups (broad SMARTS) is 1. The van der Waals surface area contributed by atoms with Crippen LogP contribution in [0.5, 0.6) is 0 Å². The van der Waals surface area contributed by atoms with Crippen LogP contribution in [0.3, 0.4) is 0 Å². The number of hydrogen-bond donors (Lipinski definition) is 2. The lowest BCUT2D eigenvalue weighted by Gasteiger charge is -2.07. The van der Waals surface area contributed by atoms with Gasteiger partial charge in [-0.3, -0.25) is 4.79 Å². The fourth-order valence-electron chi connectivity index (χ4n) is 0.631. The maximum atomic E-state index is 10.4. The third kappa shape index (κ3) is 4.61. The lowest BCUT2D eigenvalue weighted by molar-refractivity contribution is -0.139. The molecular weight excluding hydrogens is 164 g/mol. The number of carbonyl (C=O) groups is 1. The molecule has 0 rings (SSSR count). The van der Waals surface area contributed by atoms with E-state index < -0.39 is 12.0 Å². The number of aliphatic imine (C=N–C) groups is 1. The van der Waals surface area contributed by atoms with E-state index in [1.807, 2.05) is 0 Å². The van der Waals surface area contributed by atoms with Gasteiger partial charge in [0.05, 0.1) is 11.7 Å². The first-order valence-electron chi connectivity index (χ1n) is 3.16. The molecule has 0 aliphatic carbocycles. The monoisotopic (exact) mass is 174 g/mol. The van der Waals surface area contributed by atoms with Gasteiger partial charge in [-0.1, -0.05) is 0 Å². The molecule has 4 nitrogen and oxygen atoms in total. The molecule has 0 amide bonds. The standard InChI is InChI=1S/C6H10N2O2S/c1-7-5(6(9)10)2-3-8-4-11/h5,7H,2-3H2,1H3,(H,9,10). The van der Waals surface area contributed by atoms with E-state index in [1.165, 1.54) is 0 Å². The summed E-state index contributed by atoms with van der Waals surface area (Å²) >= 11 is 4.32. The maximum absolute atomic E-state index is 10.4. The minimum absolute atomic E-state index is 0.404. The molecule has 0 aliphatic heterocycles. The summed E-state index contributed by atoms with van der Waals surface area (Å²) in [6.07, 6.45) is 0.440. The van der Waals surface area contributed by atoms with Crippen molar-refractivity contribution in [1.29, 1.82) is 0 Å². The Morgan fingerprint density at radius 2 is 2.55 bits per heavy atom. The largest absolute Gasteiger partial charge is 0.480 e. The molecule has 0 bridgehead atoms. The number of isothiocyanates is 1. The third-order valence-corrected chi connectivity index (χ3v) is 1.37. The van der Waals surface area contributed by atoms with Gasteiger partial charge in [-0.05, 0) is 25.7 Å². The molecule has 0 fully saturated rings. The number of thiocarbonyl (C=S) groups is 1. The molecule has 2 N–H and O–H groups in total. The van der Waals surface area contributed by atoms with Gasteiger partial charge in [-0.25, -0.2) is 4.99 Å². The van der Waals surface area contributed by atoms with E-state index in [-0.39, 0.29) is 0 Å². The van der Waals surface area contributed by atoms with E-state index in [4.69, 9.17) is 5.11 Å². The van der Waals surface area contributed by atoms with Crippen LogP contribution in [0.1, 0.15) is 6.42 Å². The quantitative estimate of drug-likeness (QED) is 0.460. The first-order chi connectivity index (χ1) is 5.22. The van der Waals surface area contributed by atoms with Gasteiger partial charge >= 0.3 is 5.97 Å². The van der Waals surface area contributed by atoms with E-state index in [2.05, 4.69) is 27.7 Å². The smallest absolute Gasteiger partial charge is 0.320 e. The molecule has 0 aromatic rings. The Morgan fingerprint density at radius 1 is 1.91 bits per heavy atom. The lowest BCUT2D eigenvalue weighted by Crippen LogP contribution is -2.34. The van der Waals surface area contributed by atoms with Crippen LogP contribution < -0.4 is 5.32 Å². The molecule has 1 atom stereocenters. The van der Waals surface area contributed by atoms with Crippen molar-refractivity contribution in [3.8, 4) is 0 Å². The Balaban J connectivity index is 3.69. The number of hydrogen-bond acceptors (Lipinski definition) is 4. The van der Waals surface area contributed by atoms with Crippen LogP contribution >= 0.6 is 12.2 Å². The third-order valence-electron chi connectivity index (χ3n) is 1.24. The van der Waals surface area contributed by atoms with Crippen LogP contribution in [0, 0.1) is 0 Å². The van der Waals surface area contributed by atoms with Crippen LogP contribution in [0.2, 0.25) is 0 Å². The second kappa shape index (κ2) is 5.97. The maximum Gasteiger partial charge on any atom is 0.320 e. The summed E-state index contributed by atoms with van der Waals surface area (Å²) < 4.78 is 0. The summed E-state index contributed by atoms with van der Waals surface area (Å²) in [6.45, 7) is 0.404. The zero-order valence-corrected chi connectivity index (χ0v) is 7.02. The molecular formula is C6H10N2O2S. The summed E-state index contributed by atoms with van der Waals surface area (Å²) in [7, 11) is 1.60. The zero-order valence-electron chi connectivity index (χ0n) is 6.20. The van der Waals surface area contributed by atoms with Crippen LogP contribution in [-0.4, -0.2) is 35.9 Å². The average Bonchev–Trinajstić information content (AvgIpc) is 1.97. The molecule has 0 aliphatic rings. The molecule has 0 spiro atoms. The second-order valence-electron chi connectivity index (χ2n) is 1.94. The average molecular weight is 174 g/mol. The van der Waals surface area contributed by atoms with Crippen molar-refractivity contribution in [3.05, 3.63) is 0 Å². The Bertz CT molecular complexity index is 177. The normalized spacial score (nSPS) is 11.7. The van der Waals surface area contributed by atoms with Gasteiger partial charge in [0, 0.05) is 0 Å². The van der Waals surface area contributed by atoms with Crippen molar-refractivity contribution < 1.29 is 9.90 Å². The summed E-state index contributed by atoms with van der Waals surface area (Å²) in [5.41, 5.74) is 0. The summed E-state index contributed by atoms with van der Waals surface area (Å²) in [5, 5.41) is 13.3. The van der Waals surface area contributed by atoms with Gasteiger partial charge < -0.3 is 10.4 Å². The molecule has 11 heavy (non-hydrogen) atoms. The Kier molecular flexibility index (Phi) is 5.56. The molecule has 0 aromatic heterocycles. The number of likely N-dealkylation sites (N-methyl/N-ethyl adjacent to an activating group) is 1. The van der Waals surface area contributed by atoms with Gasteiger partial charge in [0.25, 0.3) is 0 Å². The predicted molar refractivity (Wildman–Crippen MR) is 45.0 cm³/mol. The Hall–Kier alpha value is -0.770.